The van der Waals surface area contributed by atoms with Crippen LogP contribution >= 0.6 is 12.2 Å². The Morgan fingerprint density at radius 1 is 1.28 bits per heavy atom. The van der Waals surface area contributed by atoms with Gasteiger partial charge in [-0.25, -0.2) is 0 Å². The number of thiocarbonyl (C=S) groups is 1. The second-order valence-electron chi connectivity index (χ2n) is 5.99. The van der Waals surface area contributed by atoms with Crippen LogP contribution in [0.2, 0.25) is 0 Å². The minimum atomic E-state index is -0.525. The van der Waals surface area contributed by atoms with Crippen LogP contribution in [0, 0.1) is 11.3 Å². The van der Waals surface area contributed by atoms with E-state index in [1.807, 2.05) is 11.9 Å². The summed E-state index contributed by atoms with van der Waals surface area (Å²) in [6.45, 7) is 0.878. The van der Waals surface area contributed by atoms with Gasteiger partial charge in [0.15, 0.2) is 0 Å². The van der Waals surface area contributed by atoms with E-state index in [0.29, 0.717) is 10.9 Å². The predicted molar refractivity (Wildman–Crippen MR) is 77.3 cm³/mol. The Kier molecular flexibility index (Phi) is 4.25. The lowest BCUT2D eigenvalue weighted by molar-refractivity contribution is -0.137. The van der Waals surface area contributed by atoms with Gasteiger partial charge < -0.3 is 10.6 Å². The van der Waals surface area contributed by atoms with Gasteiger partial charge in [-0.1, -0.05) is 37.9 Å². The van der Waals surface area contributed by atoms with E-state index in [1.165, 1.54) is 25.7 Å². The molecular formula is C14H24N2OS. The van der Waals surface area contributed by atoms with Gasteiger partial charge in [0.2, 0.25) is 5.91 Å². The van der Waals surface area contributed by atoms with Gasteiger partial charge in [-0.15, -0.1) is 0 Å². The maximum absolute atomic E-state index is 12.7. The van der Waals surface area contributed by atoms with Crippen molar-refractivity contribution >= 4 is 23.1 Å². The summed E-state index contributed by atoms with van der Waals surface area (Å²) in [5.74, 6) is 0.850. The third-order valence-corrected chi connectivity index (χ3v) is 5.08. The molecule has 2 saturated carbocycles. The summed E-state index contributed by atoms with van der Waals surface area (Å²) >= 11 is 5.18. The molecule has 0 atom stereocenters. The first-order valence-electron chi connectivity index (χ1n) is 7.12. The molecule has 0 spiro atoms. The van der Waals surface area contributed by atoms with Gasteiger partial charge in [-0.2, -0.15) is 0 Å². The average Bonchev–Trinajstić information content (AvgIpc) is 2.98. The zero-order valence-corrected chi connectivity index (χ0v) is 12.1. The number of nitrogens with two attached hydrogens (primary N) is 1. The van der Waals surface area contributed by atoms with E-state index >= 15 is 0 Å². The first-order valence-corrected chi connectivity index (χ1v) is 7.52. The van der Waals surface area contributed by atoms with E-state index in [1.54, 1.807) is 0 Å². The molecule has 2 N–H and O–H groups in total. The standard InChI is InChI=1S/C14H24N2OS/c1-16(10-11-6-2-3-7-11)13(17)14(12(15)18)8-4-5-9-14/h11H,2-10H2,1H3,(H2,15,18). The zero-order valence-electron chi connectivity index (χ0n) is 11.3. The van der Waals surface area contributed by atoms with E-state index in [9.17, 15) is 4.79 Å². The van der Waals surface area contributed by atoms with Crippen molar-refractivity contribution < 1.29 is 4.79 Å². The van der Waals surface area contributed by atoms with E-state index in [0.717, 1.165) is 32.2 Å². The summed E-state index contributed by atoms with van der Waals surface area (Å²) in [5, 5.41) is 0. The fraction of sp³-hybridized carbons (Fsp3) is 0.857. The number of carbonyl (C=O) groups is 1. The second-order valence-corrected chi connectivity index (χ2v) is 6.43. The quantitative estimate of drug-likeness (QED) is 0.797. The first-order chi connectivity index (χ1) is 8.56. The molecule has 1 amide bonds. The van der Waals surface area contributed by atoms with Crippen molar-refractivity contribution in [2.24, 2.45) is 17.1 Å². The van der Waals surface area contributed by atoms with Crippen molar-refractivity contribution in [2.45, 2.75) is 51.4 Å². The number of rotatable bonds is 4. The lowest BCUT2D eigenvalue weighted by atomic mass is 9.84. The number of carbonyl (C=O) groups excluding carboxylic acids is 1. The normalized spacial score (nSPS) is 23.2. The SMILES string of the molecule is CN(CC1CCCC1)C(=O)C1(C(N)=S)CCCC1. The Balaban J connectivity index is 2.01. The summed E-state index contributed by atoms with van der Waals surface area (Å²) in [6, 6.07) is 0. The third-order valence-electron chi connectivity index (χ3n) is 4.69. The first kappa shape index (κ1) is 13.8. The monoisotopic (exact) mass is 268 g/mol. The molecule has 0 aromatic rings. The molecular weight excluding hydrogens is 244 g/mol. The van der Waals surface area contributed by atoms with Crippen molar-refractivity contribution in [3.05, 3.63) is 0 Å². The minimum absolute atomic E-state index is 0.166. The van der Waals surface area contributed by atoms with Gasteiger partial charge in [0.1, 0.15) is 0 Å². The smallest absolute Gasteiger partial charge is 0.235 e. The summed E-state index contributed by atoms with van der Waals surface area (Å²) in [7, 11) is 1.92. The highest BCUT2D eigenvalue weighted by atomic mass is 32.1. The van der Waals surface area contributed by atoms with Crippen LogP contribution in [0.4, 0.5) is 0 Å². The maximum Gasteiger partial charge on any atom is 0.235 e. The van der Waals surface area contributed by atoms with E-state index in [4.69, 9.17) is 18.0 Å². The van der Waals surface area contributed by atoms with Gasteiger partial charge in [0.05, 0.1) is 10.4 Å². The Hall–Kier alpha value is -0.640. The molecule has 0 saturated heterocycles. The molecule has 0 aliphatic heterocycles. The van der Waals surface area contributed by atoms with Gasteiger partial charge in [-0.05, 0) is 31.6 Å². The van der Waals surface area contributed by atoms with Crippen LogP contribution in [0.25, 0.3) is 0 Å². The second kappa shape index (κ2) is 5.55. The lowest BCUT2D eigenvalue weighted by Gasteiger charge is -2.32. The summed E-state index contributed by atoms with van der Waals surface area (Å²) < 4.78 is 0. The molecule has 102 valence electrons. The van der Waals surface area contributed by atoms with Crippen LogP contribution in [-0.2, 0) is 4.79 Å². The summed E-state index contributed by atoms with van der Waals surface area (Å²) in [5.41, 5.74) is 5.34. The van der Waals surface area contributed by atoms with Crippen LogP contribution in [-0.4, -0.2) is 29.4 Å². The molecule has 18 heavy (non-hydrogen) atoms. The molecule has 0 radical (unpaired) electrons. The molecule has 3 nitrogen and oxygen atoms in total. The Bertz CT molecular complexity index is 331. The highest BCUT2D eigenvalue weighted by Gasteiger charge is 2.45. The van der Waals surface area contributed by atoms with Crippen molar-refractivity contribution in [3.8, 4) is 0 Å². The summed E-state index contributed by atoms with van der Waals surface area (Å²) in [4.78, 5) is 15.0. The molecule has 0 heterocycles. The average molecular weight is 268 g/mol. The van der Waals surface area contributed by atoms with Crippen molar-refractivity contribution in [1.29, 1.82) is 0 Å². The van der Waals surface area contributed by atoms with Gasteiger partial charge >= 0.3 is 0 Å². The molecule has 0 aromatic heterocycles. The number of hydrogen-bond acceptors (Lipinski definition) is 2. The molecule has 4 heteroatoms. The Morgan fingerprint density at radius 3 is 2.33 bits per heavy atom. The fourth-order valence-corrected chi connectivity index (χ4v) is 3.86. The van der Waals surface area contributed by atoms with Gasteiger partial charge in [0, 0.05) is 13.6 Å². The maximum atomic E-state index is 12.7. The minimum Gasteiger partial charge on any atom is -0.392 e. The number of amides is 1. The van der Waals surface area contributed by atoms with Crippen LogP contribution in [0.5, 0.6) is 0 Å². The molecule has 0 bridgehead atoms. The predicted octanol–water partition coefficient (Wildman–Crippen LogP) is 2.48. The molecule has 2 aliphatic rings. The van der Waals surface area contributed by atoms with Crippen molar-refractivity contribution in [3.63, 3.8) is 0 Å². The van der Waals surface area contributed by atoms with Crippen LogP contribution < -0.4 is 5.73 Å². The Labute approximate surface area is 115 Å². The lowest BCUT2D eigenvalue weighted by Crippen LogP contribution is -2.48. The van der Waals surface area contributed by atoms with E-state index in [-0.39, 0.29) is 5.91 Å². The fourth-order valence-electron chi connectivity index (χ4n) is 3.57. The van der Waals surface area contributed by atoms with Crippen LogP contribution in [0.1, 0.15) is 51.4 Å². The Morgan fingerprint density at radius 2 is 1.83 bits per heavy atom. The third kappa shape index (κ3) is 2.53. The van der Waals surface area contributed by atoms with Crippen LogP contribution in [0.15, 0.2) is 0 Å². The molecule has 2 fully saturated rings. The zero-order chi connectivity index (χ0) is 13.2. The number of hydrogen-bond donors (Lipinski definition) is 1. The van der Waals surface area contributed by atoms with E-state index < -0.39 is 5.41 Å². The molecule has 2 rings (SSSR count). The van der Waals surface area contributed by atoms with Crippen molar-refractivity contribution in [1.82, 2.24) is 4.90 Å². The highest BCUT2D eigenvalue weighted by Crippen LogP contribution is 2.40. The number of nitrogens with zero attached hydrogens (tertiary/aromatic N) is 1. The van der Waals surface area contributed by atoms with Gasteiger partial charge in [-0.3, -0.25) is 4.79 Å². The summed E-state index contributed by atoms with van der Waals surface area (Å²) in [6.07, 6.45) is 8.97. The molecule has 2 aliphatic carbocycles. The molecule has 0 aromatic carbocycles. The van der Waals surface area contributed by atoms with Crippen LogP contribution in [0.3, 0.4) is 0 Å². The molecule has 0 unspecified atom stereocenters. The highest BCUT2D eigenvalue weighted by molar-refractivity contribution is 7.80. The topological polar surface area (TPSA) is 46.3 Å². The largest absolute Gasteiger partial charge is 0.392 e. The van der Waals surface area contributed by atoms with E-state index in [2.05, 4.69) is 0 Å². The van der Waals surface area contributed by atoms with Crippen molar-refractivity contribution in [2.75, 3.05) is 13.6 Å². The van der Waals surface area contributed by atoms with Gasteiger partial charge in [0.25, 0.3) is 0 Å².